The Bertz CT molecular complexity index is 978. The minimum absolute atomic E-state index is 0.0215. The normalized spacial score (nSPS) is 10.7. The molecule has 0 aliphatic rings. The number of ether oxygens (including phenoxy) is 1. The van der Waals surface area contributed by atoms with Gasteiger partial charge in [-0.1, -0.05) is 18.2 Å². The Morgan fingerprint density at radius 2 is 1.78 bits per heavy atom. The molecule has 0 fully saturated rings. The lowest BCUT2D eigenvalue weighted by atomic mass is 10.2. The number of hydrogen-bond donors (Lipinski definition) is 1. The monoisotopic (exact) mass is 379 g/mol. The number of halogens is 4. The highest BCUT2D eigenvalue weighted by atomic mass is 19.2. The summed E-state index contributed by atoms with van der Waals surface area (Å²) in [4.78, 5) is 12.2. The van der Waals surface area contributed by atoms with Gasteiger partial charge >= 0.3 is 0 Å². The van der Waals surface area contributed by atoms with Crippen molar-refractivity contribution in [3.63, 3.8) is 0 Å². The van der Waals surface area contributed by atoms with Gasteiger partial charge in [0.15, 0.2) is 29.8 Å². The quantitative estimate of drug-likeness (QED) is 0.538. The van der Waals surface area contributed by atoms with E-state index in [1.54, 1.807) is 12.1 Å². The third-order valence-corrected chi connectivity index (χ3v) is 3.68. The van der Waals surface area contributed by atoms with E-state index in [4.69, 9.17) is 4.74 Å². The van der Waals surface area contributed by atoms with E-state index in [2.05, 4.69) is 10.4 Å². The SMILES string of the molecule is Cc1ccccc1NC(=O)c1ccn(COc2c(F)c(F)cc(F)c2F)n1. The van der Waals surface area contributed by atoms with Crippen LogP contribution in [0.3, 0.4) is 0 Å². The fraction of sp³-hybridized carbons (Fsp3) is 0.111. The van der Waals surface area contributed by atoms with Crippen molar-refractivity contribution in [3.05, 3.63) is 77.1 Å². The molecule has 0 bridgehead atoms. The van der Waals surface area contributed by atoms with Crippen LogP contribution in [0.2, 0.25) is 0 Å². The van der Waals surface area contributed by atoms with Gasteiger partial charge in [0.05, 0.1) is 0 Å². The molecule has 140 valence electrons. The summed E-state index contributed by atoms with van der Waals surface area (Å²) >= 11 is 0. The van der Waals surface area contributed by atoms with Gasteiger partial charge in [-0.15, -0.1) is 0 Å². The Morgan fingerprint density at radius 1 is 1.11 bits per heavy atom. The fourth-order valence-electron chi connectivity index (χ4n) is 2.26. The van der Waals surface area contributed by atoms with Crippen molar-refractivity contribution in [2.24, 2.45) is 0 Å². The molecule has 0 aliphatic heterocycles. The van der Waals surface area contributed by atoms with Crippen molar-refractivity contribution < 1.29 is 27.1 Å². The van der Waals surface area contributed by atoms with Gasteiger partial charge in [0, 0.05) is 18.0 Å². The Kier molecular flexibility index (Phi) is 5.11. The molecular formula is C18H13F4N3O2. The molecule has 0 saturated heterocycles. The van der Waals surface area contributed by atoms with Crippen LogP contribution in [0.5, 0.6) is 5.75 Å². The zero-order chi connectivity index (χ0) is 19.6. The number of benzene rings is 2. The zero-order valence-electron chi connectivity index (χ0n) is 14.0. The van der Waals surface area contributed by atoms with Crippen molar-refractivity contribution in [1.29, 1.82) is 0 Å². The molecule has 1 N–H and O–H groups in total. The number of nitrogens with zero attached hydrogens (tertiary/aromatic N) is 2. The van der Waals surface area contributed by atoms with Crippen LogP contribution >= 0.6 is 0 Å². The van der Waals surface area contributed by atoms with Crippen molar-refractivity contribution in [2.75, 3.05) is 5.32 Å². The second kappa shape index (κ2) is 7.48. The van der Waals surface area contributed by atoms with Crippen molar-refractivity contribution in [3.8, 4) is 5.75 Å². The van der Waals surface area contributed by atoms with E-state index in [1.807, 2.05) is 19.1 Å². The molecule has 0 unspecified atom stereocenters. The predicted molar refractivity (Wildman–Crippen MR) is 88.3 cm³/mol. The second-order valence-corrected chi connectivity index (χ2v) is 5.58. The standard InChI is InChI=1S/C18H13F4N3O2/c1-10-4-2-3-5-13(10)23-18(26)14-6-7-25(24-14)9-27-17-15(21)11(19)8-12(20)16(17)22/h2-8H,9H2,1H3,(H,23,26). The van der Waals surface area contributed by atoms with Gasteiger partial charge in [-0.25, -0.2) is 13.5 Å². The first-order valence-electron chi connectivity index (χ1n) is 7.73. The molecule has 0 atom stereocenters. The second-order valence-electron chi connectivity index (χ2n) is 5.58. The molecule has 0 radical (unpaired) electrons. The summed E-state index contributed by atoms with van der Waals surface area (Å²) in [5, 5.41) is 6.57. The summed E-state index contributed by atoms with van der Waals surface area (Å²) < 4.78 is 59.3. The van der Waals surface area contributed by atoms with Crippen LogP contribution in [0, 0.1) is 30.2 Å². The molecular weight excluding hydrogens is 366 g/mol. The number of amides is 1. The fourth-order valence-corrected chi connectivity index (χ4v) is 2.26. The van der Waals surface area contributed by atoms with E-state index < -0.39 is 41.7 Å². The number of hydrogen-bond acceptors (Lipinski definition) is 3. The van der Waals surface area contributed by atoms with Crippen molar-refractivity contribution in [1.82, 2.24) is 9.78 Å². The Balaban J connectivity index is 1.70. The first-order chi connectivity index (χ1) is 12.9. The summed E-state index contributed by atoms with van der Waals surface area (Å²) in [6.07, 6.45) is 1.32. The highest BCUT2D eigenvalue weighted by molar-refractivity contribution is 6.03. The van der Waals surface area contributed by atoms with E-state index in [-0.39, 0.29) is 11.8 Å². The summed E-state index contributed by atoms with van der Waals surface area (Å²) in [5.74, 6) is -8.17. The molecule has 3 aromatic rings. The molecule has 0 saturated carbocycles. The molecule has 9 heteroatoms. The van der Waals surface area contributed by atoms with Crippen LogP contribution in [0.1, 0.15) is 16.1 Å². The lowest BCUT2D eigenvalue weighted by molar-refractivity contribution is 0.102. The summed E-state index contributed by atoms with van der Waals surface area (Å²) in [6.45, 7) is 1.26. The average Bonchev–Trinajstić information content (AvgIpc) is 3.11. The molecule has 1 amide bonds. The topological polar surface area (TPSA) is 56.2 Å². The first kappa shape index (κ1) is 18.4. The van der Waals surface area contributed by atoms with Crippen LogP contribution in [0.15, 0.2) is 42.6 Å². The van der Waals surface area contributed by atoms with Crippen LogP contribution in [0.25, 0.3) is 0 Å². The third-order valence-electron chi connectivity index (χ3n) is 3.68. The molecule has 2 aromatic carbocycles. The third kappa shape index (κ3) is 3.91. The van der Waals surface area contributed by atoms with Crippen LogP contribution in [0.4, 0.5) is 23.2 Å². The van der Waals surface area contributed by atoms with E-state index in [0.717, 1.165) is 10.2 Å². The zero-order valence-corrected chi connectivity index (χ0v) is 14.0. The van der Waals surface area contributed by atoms with E-state index in [9.17, 15) is 22.4 Å². The smallest absolute Gasteiger partial charge is 0.276 e. The van der Waals surface area contributed by atoms with Gasteiger partial charge in [-0.3, -0.25) is 4.79 Å². The highest BCUT2D eigenvalue weighted by Gasteiger charge is 2.21. The van der Waals surface area contributed by atoms with Gasteiger partial charge in [-0.2, -0.15) is 13.9 Å². The summed E-state index contributed by atoms with van der Waals surface area (Å²) in [5.41, 5.74) is 1.48. The maximum Gasteiger partial charge on any atom is 0.276 e. The van der Waals surface area contributed by atoms with Gasteiger partial charge in [0.25, 0.3) is 5.91 Å². The number of rotatable bonds is 5. The number of carbonyl (C=O) groups is 1. The number of aromatic nitrogens is 2. The lowest BCUT2D eigenvalue weighted by Gasteiger charge is -2.09. The van der Waals surface area contributed by atoms with Crippen LogP contribution < -0.4 is 10.1 Å². The summed E-state index contributed by atoms with van der Waals surface area (Å²) in [7, 11) is 0. The maximum atomic E-state index is 13.6. The van der Waals surface area contributed by atoms with E-state index in [0.29, 0.717) is 5.69 Å². The number of nitrogens with one attached hydrogen (secondary N) is 1. The molecule has 5 nitrogen and oxygen atoms in total. The van der Waals surface area contributed by atoms with Gasteiger partial charge < -0.3 is 10.1 Å². The number of anilines is 1. The molecule has 0 aliphatic carbocycles. The molecule has 27 heavy (non-hydrogen) atoms. The molecule has 1 aromatic heterocycles. The molecule has 1 heterocycles. The minimum Gasteiger partial charge on any atom is -0.465 e. The minimum atomic E-state index is -1.65. The van der Waals surface area contributed by atoms with E-state index in [1.165, 1.54) is 12.3 Å². The molecule has 3 rings (SSSR count). The van der Waals surface area contributed by atoms with Gasteiger partial charge in [-0.05, 0) is 24.6 Å². The van der Waals surface area contributed by atoms with Gasteiger partial charge in [0.2, 0.25) is 11.6 Å². The van der Waals surface area contributed by atoms with Crippen LogP contribution in [-0.4, -0.2) is 15.7 Å². The van der Waals surface area contributed by atoms with Gasteiger partial charge in [0.1, 0.15) is 0 Å². The Labute approximate surface area is 151 Å². The summed E-state index contributed by atoms with van der Waals surface area (Å²) in [6, 6.07) is 8.57. The lowest BCUT2D eigenvalue weighted by Crippen LogP contribution is -2.15. The Hall–Kier alpha value is -3.36. The molecule has 0 spiro atoms. The number of para-hydroxylation sites is 1. The van der Waals surface area contributed by atoms with Crippen molar-refractivity contribution in [2.45, 2.75) is 13.7 Å². The maximum absolute atomic E-state index is 13.6. The average molecular weight is 379 g/mol. The van der Waals surface area contributed by atoms with Crippen molar-refractivity contribution >= 4 is 11.6 Å². The Morgan fingerprint density at radius 3 is 2.44 bits per heavy atom. The largest absolute Gasteiger partial charge is 0.465 e. The number of carbonyl (C=O) groups excluding carboxylic acids is 1. The first-order valence-corrected chi connectivity index (χ1v) is 7.73. The highest BCUT2D eigenvalue weighted by Crippen LogP contribution is 2.26. The van der Waals surface area contributed by atoms with Crippen LogP contribution in [-0.2, 0) is 6.73 Å². The predicted octanol–water partition coefficient (Wildman–Crippen LogP) is 4.04. The number of aryl methyl sites for hydroxylation is 1. The van der Waals surface area contributed by atoms with E-state index >= 15 is 0 Å².